The number of benzene rings is 1. The molecule has 0 bridgehead atoms. The van der Waals surface area contributed by atoms with Gasteiger partial charge in [0, 0.05) is 6.04 Å². The lowest BCUT2D eigenvalue weighted by Gasteiger charge is -2.33. The van der Waals surface area contributed by atoms with Crippen LogP contribution in [0.4, 0.5) is 5.69 Å². The number of nitrogens with zero attached hydrogens (tertiary/aromatic N) is 1. The molecule has 0 aromatic heterocycles. The minimum absolute atomic E-state index is 0.156. The van der Waals surface area contributed by atoms with Gasteiger partial charge >= 0.3 is 0 Å². The molecule has 140 valence electrons. The quantitative estimate of drug-likeness (QED) is 0.666. The average molecular weight is 349 g/mol. The Morgan fingerprint density at radius 1 is 1.20 bits per heavy atom. The van der Waals surface area contributed by atoms with Crippen LogP contribution in [0.1, 0.15) is 40.0 Å². The molecule has 1 aliphatic rings. The molecule has 5 heteroatoms. The van der Waals surface area contributed by atoms with Gasteiger partial charge in [-0.1, -0.05) is 38.8 Å². The van der Waals surface area contributed by atoms with E-state index in [-0.39, 0.29) is 11.9 Å². The van der Waals surface area contributed by atoms with Crippen LogP contribution in [0.25, 0.3) is 0 Å². The van der Waals surface area contributed by atoms with Crippen molar-refractivity contribution in [3.8, 4) is 5.75 Å². The van der Waals surface area contributed by atoms with E-state index in [1.165, 1.54) is 17.7 Å². The molecule has 1 fully saturated rings. The van der Waals surface area contributed by atoms with Gasteiger partial charge in [-0.15, -0.1) is 0 Å². The van der Waals surface area contributed by atoms with E-state index in [1.54, 1.807) is 6.07 Å². The van der Waals surface area contributed by atoms with E-state index >= 15 is 0 Å². The van der Waals surface area contributed by atoms with E-state index in [4.69, 9.17) is 0 Å². The molecule has 0 spiro atoms. The lowest BCUT2D eigenvalue weighted by molar-refractivity contribution is -0.892. The van der Waals surface area contributed by atoms with Gasteiger partial charge in [0.05, 0.1) is 31.9 Å². The second-order valence-corrected chi connectivity index (χ2v) is 7.70. The zero-order valence-corrected chi connectivity index (χ0v) is 15.9. The highest BCUT2D eigenvalue weighted by Gasteiger charge is 2.23. The average Bonchev–Trinajstić information content (AvgIpc) is 2.55. The minimum Gasteiger partial charge on any atom is -0.506 e. The highest BCUT2D eigenvalue weighted by Crippen LogP contribution is 2.25. The van der Waals surface area contributed by atoms with E-state index < -0.39 is 0 Å². The number of phenols is 1. The van der Waals surface area contributed by atoms with Crippen LogP contribution in [0.15, 0.2) is 24.3 Å². The third-order valence-corrected chi connectivity index (χ3v) is 4.93. The zero-order chi connectivity index (χ0) is 18.2. The molecule has 1 aromatic rings. The van der Waals surface area contributed by atoms with Crippen LogP contribution in [-0.4, -0.2) is 49.8 Å². The summed E-state index contributed by atoms with van der Waals surface area (Å²) in [7, 11) is 0. The Kier molecular flexibility index (Phi) is 7.56. The molecule has 1 atom stereocenters. The van der Waals surface area contributed by atoms with Gasteiger partial charge in [-0.3, -0.25) is 4.79 Å². The van der Waals surface area contributed by atoms with E-state index in [1.807, 2.05) is 18.2 Å². The van der Waals surface area contributed by atoms with E-state index in [0.717, 1.165) is 44.2 Å². The number of hydrogen-bond donors (Lipinski definition) is 3. The summed E-state index contributed by atoms with van der Waals surface area (Å²) in [5.41, 5.74) is 0.893. The van der Waals surface area contributed by atoms with Gasteiger partial charge in [0.15, 0.2) is 6.54 Å². The number of rotatable bonds is 8. The van der Waals surface area contributed by atoms with Crippen LogP contribution in [0.2, 0.25) is 0 Å². The summed E-state index contributed by atoms with van der Waals surface area (Å²) < 4.78 is 0. The van der Waals surface area contributed by atoms with E-state index in [0.29, 0.717) is 12.3 Å². The number of piperazine rings is 1. The van der Waals surface area contributed by atoms with Gasteiger partial charge in [0.1, 0.15) is 5.75 Å². The fourth-order valence-electron chi connectivity index (χ4n) is 3.43. The van der Waals surface area contributed by atoms with Crippen molar-refractivity contribution in [3.05, 3.63) is 24.3 Å². The van der Waals surface area contributed by atoms with E-state index in [9.17, 15) is 9.90 Å². The maximum Gasteiger partial charge on any atom is 0.275 e. The van der Waals surface area contributed by atoms with Crippen molar-refractivity contribution < 1.29 is 14.8 Å². The smallest absolute Gasteiger partial charge is 0.275 e. The fourth-order valence-corrected chi connectivity index (χ4v) is 3.43. The van der Waals surface area contributed by atoms with E-state index in [2.05, 4.69) is 31.0 Å². The number of para-hydroxylation sites is 2. The molecule has 1 saturated heterocycles. The summed E-state index contributed by atoms with van der Waals surface area (Å²) in [6.45, 7) is 10.7. The number of carbonyl (C=O) groups is 1. The predicted octanol–water partition coefficient (Wildman–Crippen LogP) is 1.43. The number of hydrogen-bond acceptors (Lipinski definition) is 3. The number of aromatic hydroxyl groups is 1. The molecule has 1 aromatic carbocycles. The number of amides is 1. The molecule has 0 saturated carbocycles. The number of quaternary nitrogens is 1. The molecule has 0 aliphatic carbocycles. The monoisotopic (exact) mass is 348 g/mol. The third kappa shape index (κ3) is 6.58. The number of phenolic OH excluding ortho intramolecular Hbond substituents is 1. The molecule has 1 amide bonds. The Hall–Kier alpha value is -1.75. The van der Waals surface area contributed by atoms with Crippen molar-refractivity contribution >= 4 is 11.6 Å². The van der Waals surface area contributed by atoms with Crippen molar-refractivity contribution in [1.29, 1.82) is 0 Å². The Morgan fingerprint density at radius 3 is 2.52 bits per heavy atom. The standard InChI is InChI=1S/C20H33N3O2/c1-16(2)7-6-8-17(3)21-20(25)15-22-11-13-23(14-12-22)18-9-4-5-10-19(18)24/h4-5,9-10,16-17,24H,6-8,11-15H2,1-3H3,(H,21,25)/p+1/t17-/m0/s1. The first-order valence-corrected chi connectivity index (χ1v) is 9.61. The molecule has 5 nitrogen and oxygen atoms in total. The zero-order valence-electron chi connectivity index (χ0n) is 15.9. The highest BCUT2D eigenvalue weighted by molar-refractivity contribution is 5.77. The first kappa shape index (κ1) is 19.6. The number of nitrogens with one attached hydrogen (secondary N) is 2. The second kappa shape index (κ2) is 9.66. The fraction of sp³-hybridized carbons (Fsp3) is 0.650. The Bertz CT molecular complexity index is 539. The molecule has 25 heavy (non-hydrogen) atoms. The van der Waals surface area contributed by atoms with Crippen molar-refractivity contribution in [2.24, 2.45) is 5.92 Å². The second-order valence-electron chi connectivity index (χ2n) is 7.70. The topological polar surface area (TPSA) is 57.0 Å². The van der Waals surface area contributed by atoms with Gasteiger partial charge in [0.25, 0.3) is 5.91 Å². The third-order valence-electron chi connectivity index (χ3n) is 4.93. The summed E-state index contributed by atoms with van der Waals surface area (Å²) in [5, 5.41) is 13.1. The summed E-state index contributed by atoms with van der Waals surface area (Å²) in [6, 6.07) is 7.72. The van der Waals surface area contributed by atoms with Gasteiger partial charge < -0.3 is 20.2 Å². The molecule has 0 unspecified atom stereocenters. The van der Waals surface area contributed by atoms with Gasteiger partial charge in [0.2, 0.25) is 0 Å². The van der Waals surface area contributed by atoms with Crippen LogP contribution in [-0.2, 0) is 4.79 Å². The Labute approximate surface area is 152 Å². The van der Waals surface area contributed by atoms with Crippen LogP contribution in [0.5, 0.6) is 5.75 Å². The predicted molar refractivity (Wildman–Crippen MR) is 102 cm³/mol. The summed E-state index contributed by atoms with van der Waals surface area (Å²) in [6.07, 6.45) is 3.45. The molecular formula is C20H34N3O2+. The van der Waals surface area contributed by atoms with Crippen LogP contribution in [0.3, 0.4) is 0 Å². The van der Waals surface area contributed by atoms with Gasteiger partial charge in [-0.05, 0) is 31.4 Å². The van der Waals surface area contributed by atoms with Crippen molar-refractivity contribution in [3.63, 3.8) is 0 Å². The van der Waals surface area contributed by atoms with Crippen LogP contribution >= 0.6 is 0 Å². The summed E-state index contributed by atoms with van der Waals surface area (Å²) >= 11 is 0. The SMILES string of the molecule is CC(C)CCC[C@H](C)NC(=O)C[NH+]1CCN(c2ccccc2O)CC1. The lowest BCUT2D eigenvalue weighted by atomic mass is 10.0. The molecule has 1 aliphatic heterocycles. The number of carbonyl (C=O) groups excluding carboxylic acids is 1. The number of anilines is 1. The first-order valence-electron chi connectivity index (χ1n) is 9.61. The van der Waals surface area contributed by atoms with Crippen molar-refractivity contribution in [2.75, 3.05) is 37.6 Å². The van der Waals surface area contributed by atoms with Crippen molar-refractivity contribution in [2.45, 2.75) is 46.1 Å². The normalized spacial score (nSPS) is 16.9. The van der Waals surface area contributed by atoms with Crippen molar-refractivity contribution in [1.82, 2.24) is 5.32 Å². The lowest BCUT2D eigenvalue weighted by Crippen LogP contribution is -3.16. The Balaban J connectivity index is 1.69. The molecule has 0 radical (unpaired) electrons. The maximum atomic E-state index is 12.2. The van der Waals surface area contributed by atoms with Gasteiger partial charge in [-0.25, -0.2) is 0 Å². The highest BCUT2D eigenvalue weighted by atomic mass is 16.3. The Morgan fingerprint density at radius 2 is 1.88 bits per heavy atom. The van der Waals surface area contributed by atoms with Crippen LogP contribution in [0, 0.1) is 5.92 Å². The molecule has 2 rings (SSSR count). The minimum atomic E-state index is 0.156. The summed E-state index contributed by atoms with van der Waals surface area (Å²) in [5.74, 6) is 1.22. The summed E-state index contributed by atoms with van der Waals surface area (Å²) in [4.78, 5) is 15.8. The first-order chi connectivity index (χ1) is 12.0. The molecular weight excluding hydrogens is 314 g/mol. The molecule has 3 N–H and O–H groups in total. The van der Waals surface area contributed by atoms with Crippen LogP contribution < -0.4 is 15.1 Å². The van der Waals surface area contributed by atoms with Gasteiger partial charge in [-0.2, -0.15) is 0 Å². The molecule has 1 heterocycles. The largest absolute Gasteiger partial charge is 0.506 e. The maximum absolute atomic E-state index is 12.2.